The van der Waals surface area contributed by atoms with Crippen molar-refractivity contribution in [2.75, 3.05) is 14.2 Å². The van der Waals surface area contributed by atoms with Gasteiger partial charge < -0.3 is 9.47 Å². The van der Waals surface area contributed by atoms with Crippen molar-refractivity contribution in [3.63, 3.8) is 0 Å². The summed E-state index contributed by atoms with van der Waals surface area (Å²) in [7, 11) is 2.46. The van der Waals surface area contributed by atoms with Crippen molar-refractivity contribution in [3.8, 4) is 11.5 Å². The Labute approximate surface area is 89.6 Å². The summed E-state index contributed by atoms with van der Waals surface area (Å²) < 4.78 is 46.8. The highest BCUT2D eigenvalue weighted by atomic mass is 35.5. The summed E-state index contributed by atoms with van der Waals surface area (Å²) in [5.41, 5.74) is -0.921. The standard InChI is InChI=1S/C9H8ClF3O2/c1-14-7-4-8(15-2)6(10)3-5(7)9(11,12)13/h3-4H,1-2H3. The minimum atomic E-state index is -4.50. The Morgan fingerprint density at radius 2 is 1.60 bits per heavy atom. The lowest BCUT2D eigenvalue weighted by Gasteiger charge is -2.14. The van der Waals surface area contributed by atoms with E-state index in [9.17, 15) is 13.2 Å². The third-order valence-electron chi connectivity index (χ3n) is 1.78. The van der Waals surface area contributed by atoms with Gasteiger partial charge in [0.2, 0.25) is 0 Å². The molecule has 0 fully saturated rings. The lowest BCUT2D eigenvalue weighted by molar-refractivity contribution is -0.138. The molecule has 15 heavy (non-hydrogen) atoms. The van der Waals surface area contributed by atoms with Crippen LogP contribution in [-0.2, 0) is 6.18 Å². The zero-order valence-corrected chi connectivity index (χ0v) is 8.74. The molecule has 0 atom stereocenters. The molecule has 84 valence electrons. The van der Waals surface area contributed by atoms with E-state index in [-0.39, 0.29) is 16.5 Å². The Balaban J connectivity index is 3.34. The van der Waals surface area contributed by atoms with Gasteiger partial charge in [0.05, 0.1) is 24.8 Å². The van der Waals surface area contributed by atoms with Crippen molar-refractivity contribution in [1.82, 2.24) is 0 Å². The fourth-order valence-corrected chi connectivity index (χ4v) is 1.32. The predicted molar refractivity (Wildman–Crippen MR) is 49.6 cm³/mol. The first-order chi connectivity index (χ1) is 6.90. The molecule has 0 aliphatic carbocycles. The molecule has 0 aromatic heterocycles. The van der Waals surface area contributed by atoms with Crippen LogP contribution in [0.1, 0.15) is 5.56 Å². The molecule has 0 radical (unpaired) electrons. The topological polar surface area (TPSA) is 18.5 Å². The molecular weight excluding hydrogens is 233 g/mol. The second-order valence-corrected chi connectivity index (χ2v) is 3.09. The molecule has 0 saturated heterocycles. The van der Waals surface area contributed by atoms with E-state index in [1.807, 2.05) is 0 Å². The summed E-state index contributed by atoms with van der Waals surface area (Å²) in [5.74, 6) is -0.176. The Kier molecular flexibility index (Phi) is 3.34. The van der Waals surface area contributed by atoms with Gasteiger partial charge in [-0.2, -0.15) is 13.2 Å². The number of halogens is 4. The molecule has 0 aliphatic heterocycles. The van der Waals surface area contributed by atoms with Crippen LogP contribution in [0.25, 0.3) is 0 Å². The average Bonchev–Trinajstić information content (AvgIpc) is 2.16. The van der Waals surface area contributed by atoms with Crippen LogP contribution in [0.4, 0.5) is 13.2 Å². The molecule has 0 heterocycles. The van der Waals surface area contributed by atoms with Crippen LogP contribution in [0.2, 0.25) is 5.02 Å². The van der Waals surface area contributed by atoms with Crippen molar-refractivity contribution in [3.05, 3.63) is 22.7 Å². The van der Waals surface area contributed by atoms with Gasteiger partial charge in [-0.3, -0.25) is 0 Å². The van der Waals surface area contributed by atoms with Crippen LogP contribution in [0.3, 0.4) is 0 Å². The smallest absolute Gasteiger partial charge is 0.420 e. The molecule has 1 aromatic carbocycles. The van der Waals surface area contributed by atoms with Gasteiger partial charge in [-0.05, 0) is 6.07 Å². The van der Waals surface area contributed by atoms with Gasteiger partial charge in [0.25, 0.3) is 0 Å². The zero-order chi connectivity index (χ0) is 11.6. The summed E-state index contributed by atoms with van der Waals surface area (Å²) in [6.07, 6.45) is -4.50. The SMILES string of the molecule is COc1cc(OC)c(C(F)(F)F)cc1Cl. The number of hydrogen-bond donors (Lipinski definition) is 0. The predicted octanol–water partition coefficient (Wildman–Crippen LogP) is 3.38. The molecule has 0 unspecified atom stereocenters. The van der Waals surface area contributed by atoms with Crippen LogP contribution >= 0.6 is 11.6 Å². The molecule has 0 amide bonds. The third-order valence-corrected chi connectivity index (χ3v) is 2.07. The molecular formula is C9H8ClF3O2. The maximum Gasteiger partial charge on any atom is 0.420 e. The summed E-state index contributed by atoms with van der Waals surface area (Å²) in [5, 5.41) is -0.106. The van der Waals surface area contributed by atoms with Crippen LogP contribution in [0.15, 0.2) is 12.1 Å². The van der Waals surface area contributed by atoms with Crippen molar-refractivity contribution in [2.24, 2.45) is 0 Å². The first kappa shape index (κ1) is 12.0. The van der Waals surface area contributed by atoms with E-state index in [1.165, 1.54) is 7.11 Å². The highest BCUT2D eigenvalue weighted by Gasteiger charge is 2.35. The fourth-order valence-electron chi connectivity index (χ4n) is 1.08. The average molecular weight is 241 g/mol. The van der Waals surface area contributed by atoms with Crippen LogP contribution in [0.5, 0.6) is 11.5 Å². The molecule has 6 heteroatoms. The van der Waals surface area contributed by atoms with Crippen LogP contribution < -0.4 is 9.47 Å². The summed E-state index contributed by atoms with van der Waals surface area (Å²) in [4.78, 5) is 0. The van der Waals surface area contributed by atoms with Crippen molar-refractivity contribution >= 4 is 11.6 Å². The number of benzene rings is 1. The Morgan fingerprint density at radius 1 is 1.07 bits per heavy atom. The summed E-state index contributed by atoms with van der Waals surface area (Å²) in [6.45, 7) is 0. The summed E-state index contributed by atoms with van der Waals surface area (Å²) in [6, 6.07) is 1.88. The van der Waals surface area contributed by atoms with E-state index in [0.717, 1.165) is 19.2 Å². The van der Waals surface area contributed by atoms with Crippen LogP contribution in [-0.4, -0.2) is 14.2 Å². The Hall–Kier alpha value is -1.10. The van der Waals surface area contributed by atoms with Crippen molar-refractivity contribution in [2.45, 2.75) is 6.18 Å². The Bertz CT molecular complexity index is 363. The molecule has 0 bridgehead atoms. The normalized spacial score (nSPS) is 11.3. The van der Waals surface area contributed by atoms with Crippen LogP contribution in [0, 0.1) is 0 Å². The summed E-state index contributed by atoms with van der Waals surface area (Å²) >= 11 is 5.58. The van der Waals surface area contributed by atoms with Gasteiger partial charge in [-0.25, -0.2) is 0 Å². The largest absolute Gasteiger partial charge is 0.496 e. The number of hydrogen-bond acceptors (Lipinski definition) is 2. The van der Waals surface area contributed by atoms with Crippen molar-refractivity contribution < 1.29 is 22.6 Å². The molecule has 0 saturated carbocycles. The number of alkyl halides is 3. The van der Waals surface area contributed by atoms with E-state index >= 15 is 0 Å². The molecule has 0 N–H and O–H groups in total. The maximum atomic E-state index is 12.5. The van der Waals surface area contributed by atoms with E-state index in [4.69, 9.17) is 16.3 Å². The highest BCUT2D eigenvalue weighted by Crippen LogP contribution is 2.41. The number of rotatable bonds is 2. The van der Waals surface area contributed by atoms with Crippen molar-refractivity contribution in [1.29, 1.82) is 0 Å². The van der Waals surface area contributed by atoms with Gasteiger partial charge in [0.15, 0.2) is 0 Å². The second-order valence-electron chi connectivity index (χ2n) is 2.68. The third kappa shape index (κ3) is 2.47. The monoisotopic (exact) mass is 240 g/mol. The molecule has 0 aliphatic rings. The number of methoxy groups -OCH3 is 2. The van der Waals surface area contributed by atoms with E-state index < -0.39 is 11.7 Å². The van der Waals surface area contributed by atoms with E-state index in [1.54, 1.807) is 0 Å². The molecule has 1 rings (SSSR count). The van der Waals surface area contributed by atoms with Gasteiger partial charge >= 0.3 is 6.18 Å². The van der Waals surface area contributed by atoms with E-state index in [0.29, 0.717) is 0 Å². The highest BCUT2D eigenvalue weighted by molar-refractivity contribution is 6.32. The first-order valence-electron chi connectivity index (χ1n) is 3.89. The molecule has 1 aromatic rings. The van der Waals surface area contributed by atoms with Gasteiger partial charge in [-0.1, -0.05) is 11.6 Å². The van der Waals surface area contributed by atoms with Gasteiger partial charge in [0.1, 0.15) is 11.5 Å². The second kappa shape index (κ2) is 4.18. The van der Waals surface area contributed by atoms with Gasteiger partial charge in [0, 0.05) is 6.07 Å². The number of ether oxygens (including phenoxy) is 2. The Morgan fingerprint density at radius 3 is 2.00 bits per heavy atom. The first-order valence-corrected chi connectivity index (χ1v) is 4.26. The maximum absolute atomic E-state index is 12.5. The lowest BCUT2D eigenvalue weighted by atomic mass is 10.2. The minimum Gasteiger partial charge on any atom is -0.496 e. The zero-order valence-electron chi connectivity index (χ0n) is 7.98. The minimum absolute atomic E-state index is 0.106. The lowest BCUT2D eigenvalue weighted by Crippen LogP contribution is -2.07. The fraction of sp³-hybridized carbons (Fsp3) is 0.333. The quantitative estimate of drug-likeness (QED) is 0.789. The molecule has 2 nitrogen and oxygen atoms in total. The molecule has 0 spiro atoms. The van der Waals surface area contributed by atoms with E-state index in [2.05, 4.69) is 4.74 Å². The van der Waals surface area contributed by atoms with Gasteiger partial charge in [-0.15, -0.1) is 0 Å².